The van der Waals surface area contributed by atoms with Gasteiger partial charge in [0.15, 0.2) is 6.29 Å². The first-order valence-corrected chi connectivity index (χ1v) is 5.70. The second kappa shape index (κ2) is 3.31. The molecule has 1 aliphatic heterocycles. The van der Waals surface area contributed by atoms with Gasteiger partial charge in [0, 0.05) is 17.9 Å². The first-order valence-electron chi connectivity index (χ1n) is 5.70. The zero-order chi connectivity index (χ0) is 12.2. The van der Waals surface area contributed by atoms with Gasteiger partial charge in [0.2, 0.25) is 0 Å². The van der Waals surface area contributed by atoms with Gasteiger partial charge >= 0.3 is 5.97 Å². The van der Waals surface area contributed by atoms with Crippen LogP contribution >= 0.6 is 0 Å². The summed E-state index contributed by atoms with van der Waals surface area (Å²) in [5.74, 6) is -0.379. The molecule has 0 amide bonds. The fourth-order valence-corrected chi connectivity index (χ4v) is 3.64. The van der Waals surface area contributed by atoms with Crippen molar-refractivity contribution in [2.24, 2.45) is 17.3 Å². The highest BCUT2D eigenvalue weighted by Crippen LogP contribution is 2.63. The molecule has 1 heterocycles. The maximum Gasteiger partial charge on any atom is 0.330 e. The third kappa shape index (κ3) is 1.17. The van der Waals surface area contributed by atoms with Crippen LogP contribution < -0.4 is 0 Å². The standard InChI is InChI=1S/C12H13NO4/c1-2-8(14)16-9-6-3-7-10(9)17-11(15)12(7,4-6)5-13/h2,6-7,9-11,15H,1,3-4H2. The molecule has 0 spiro atoms. The van der Waals surface area contributed by atoms with Crippen LogP contribution in [-0.2, 0) is 14.3 Å². The second-order valence-corrected chi connectivity index (χ2v) is 5.02. The number of aliphatic hydroxyl groups excluding tert-OH is 1. The molecule has 5 heteroatoms. The largest absolute Gasteiger partial charge is 0.456 e. The molecule has 5 nitrogen and oxygen atoms in total. The summed E-state index contributed by atoms with van der Waals surface area (Å²) in [6.07, 6.45) is 0.705. The fourth-order valence-electron chi connectivity index (χ4n) is 3.64. The molecule has 0 aromatic carbocycles. The first-order chi connectivity index (χ1) is 8.12. The molecule has 2 aliphatic carbocycles. The lowest BCUT2D eigenvalue weighted by atomic mass is 9.74. The van der Waals surface area contributed by atoms with Crippen LogP contribution in [0.4, 0.5) is 0 Å². The van der Waals surface area contributed by atoms with Crippen molar-refractivity contribution in [3.63, 3.8) is 0 Å². The lowest BCUT2D eigenvalue weighted by molar-refractivity contribution is -0.160. The minimum Gasteiger partial charge on any atom is -0.456 e. The van der Waals surface area contributed by atoms with Gasteiger partial charge in [0.25, 0.3) is 0 Å². The van der Waals surface area contributed by atoms with E-state index in [1.54, 1.807) is 0 Å². The smallest absolute Gasteiger partial charge is 0.330 e. The first kappa shape index (κ1) is 10.8. The van der Waals surface area contributed by atoms with Crippen molar-refractivity contribution in [3.8, 4) is 6.07 Å². The molecular weight excluding hydrogens is 222 g/mol. The van der Waals surface area contributed by atoms with Crippen molar-refractivity contribution in [2.45, 2.75) is 31.3 Å². The SMILES string of the molecule is C=CC(=O)OC1C2CC3C1OC(O)C3(C#N)C2. The molecule has 1 N–H and O–H groups in total. The minimum absolute atomic E-state index is 0.0184. The Morgan fingerprint density at radius 3 is 3.12 bits per heavy atom. The van der Waals surface area contributed by atoms with E-state index in [1.807, 2.05) is 0 Å². The van der Waals surface area contributed by atoms with E-state index in [-0.39, 0.29) is 24.0 Å². The predicted octanol–water partition coefficient (Wildman–Crippen LogP) is 0.351. The van der Waals surface area contributed by atoms with Gasteiger partial charge in [-0.15, -0.1) is 0 Å². The summed E-state index contributed by atoms with van der Waals surface area (Å²) >= 11 is 0. The Labute approximate surface area is 98.6 Å². The number of carbonyl (C=O) groups excluding carboxylic acids is 1. The fraction of sp³-hybridized carbons (Fsp3) is 0.667. The van der Waals surface area contributed by atoms with Gasteiger partial charge in [0.1, 0.15) is 17.6 Å². The van der Waals surface area contributed by atoms with Crippen LogP contribution in [0, 0.1) is 28.6 Å². The Hall–Kier alpha value is -1.38. The van der Waals surface area contributed by atoms with E-state index in [0.717, 1.165) is 12.5 Å². The van der Waals surface area contributed by atoms with Gasteiger partial charge in [-0.1, -0.05) is 6.58 Å². The number of aliphatic hydroxyl groups is 1. The van der Waals surface area contributed by atoms with E-state index < -0.39 is 17.7 Å². The Morgan fingerprint density at radius 1 is 1.71 bits per heavy atom. The van der Waals surface area contributed by atoms with Crippen molar-refractivity contribution < 1.29 is 19.4 Å². The quantitative estimate of drug-likeness (QED) is 0.552. The molecule has 2 bridgehead atoms. The van der Waals surface area contributed by atoms with Gasteiger partial charge in [0.05, 0.1) is 6.07 Å². The number of carbonyl (C=O) groups is 1. The highest BCUT2D eigenvalue weighted by Gasteiger charge is 2.70. The number of nitrogens with zero attached hydrogens (tertiary/aromatic N) is 1. The van der Waals surface area contributed by atoms with Gasteiger partial charge in [-0.25, -0.2) is 4.79 Å². The third-order valence-corrected chi connectivity index (χ3v) is 4.36. The average Bonchev–Trinajstić information content (AvgIpc) is 2.90. The molecular formula is C12H13NO4. The van der Waals surface area contributed by atoms with E-state index in [0.29, 0.717) is 6.42 Å². The summed E-state index contributed by atoms with van der Waals surface area (Å²) in [6, 6.07) is 2.20. The minimum atomic E-state index is -1.06. The number of esters is 1. The number of fused-ring (bicyclic) bond motifs is 1. The molecule has 1 saturated heterocycles. The molecule has 3 rings (SSSR count). The molecule has 6 atom stereocenters. The molecule has 6 unspecified atom stereocenters. The molecule has 90 valence electrons. The average molecular weight is 235 g/mol. The van der Waals surface area contributed by atoms with Crippen LogP contribution in [-0.4, -0.2) is 29.6 Å². The molecule has 2 saturated carbocycles. The van der Waals surface area contributed by atoms with Crippen molar-refractivity contribution in [2.75, 3.05) is 0 Å². The summed E-state index contributed by atoms with van der Waals surface area (Å²) in [6.45, 7) is 3.35. The monoisotopic (exact) mass is 235 g/mol. The van der Waals surface area contributed by atoms with E-state index in [1.165, 1.54) is 0 Å². The summed E-state index contributed by atoms with van der Waals surface area (Å²) in [4.78, 5) is 11.2. The van der Waals surface area contributed by atoms with Gasteiger partial charge < -0.3 is 14.6 Å². The van der Waals surface area contributed by atoms with Gasteiger partial charge in [-0.05, 0) is 12.8 Å². The highest BCUT2D eigenvalue weighted by atomic mass is 16.6. The van der Waals surface area contributed by atoms with Crippen molar-refractivity contribution in [1.82, 2.24) is 0 Å². The van der Waals surface area contributed by atoms with Crippen molar-refractivity contribution in [1.29, 1.82) is 5.26 Å². The van der Waals surface area contributed by atoms with E-state index >= 15 is 0 Å². The van der Waals surface area contributed by atoms with Crippen LogP contribution in [0.3, 0.4) is 0 Å². The molecule has 3 fully saturated rings. The maximum absolute atomic E-state index is 11.2. The van der Waals surface area contributed by atoms with E-state index in [2.05, 4.69) is 12.6 Å². The Kier molecular flexibility index (Phi) is 2.09. The van der Waals surface area contributed by atoms with E-state index in [9.17, 15) is 15.2 Å². The molecule has 0 radical (unpaired) electrons. The molecule has 17 heavy (non-hydrogen) atoms. The lowest BCUT2D eigenvalue weighted by Gasteiger charge is -2.29. The zero-order valence-electron chi connectivity index (χ0n) is 9.20. The summed E-state index contributed by atoms with van der Waals surface area (Å²) < 4.78 is 10.7. The van der Waals surface area contributed by atoms with Gasteiger partial charge in [-0.3, -0.25) is 0 Å². The Balaban J connectivity index is 1.86. The maximum atomic E-state index is 11.2. The normalized spacial score (nSPS) is 50.0. The highest BCUT2D eigenvalue weighted by molar-refractivity contribution is 5.81. The van der Waals surface area contributed by atoms with Crippen LogP contribution in [0.15, 0.2) is 12.7 Å². The van der Waals surface area contributed by atoms with E-state index in [4.69, 9.17) is 9.47 Å². The van der Waals surface area contributed by atoms with Crippen LogP contribution in [0.25, 0.3) is 0 Å². The molecule has 0 aromatic heterocycles. The molecule has 0 aromatic rings. The second-order valence-electron chi connectivity index (χ2n) is 5.02. The zero-order valence-corrected chi connectivity index (χ0v) is 9.20. The van der Waals surface area contributed by atoms with Gasteiger partial charge in [-0.2, -0.15) is 5.26 Å². The topological polar surface area (TPSA) is 79.6 Å². The number of ether oxygens (including phenoxy) is 2. The lowest BCUT2D eigenvalue weighted by Crippen LogP contribution is -2.40. The third-order valence-electron chi connectivity index (χ3n) is 4.36. The van der Waals surface area contributed by atoms with Crippen molar-refractivity contribution in [3.05, 3.63) is 12.7 Å². The predicted molar refractivity (Wildman–Crippen MR) is 55.2 cm³/mol. The summed E-state index contributed by atoms with van der Waals surface area (Å²) in [5.41, 5.74) is -0.785. The number of rotatable bonds is 2. The van der Waals surface area contributed by atoms with Crippen LogP contribution in [0.2, 0.25) is 0 Å². The Bertz CT molecular complexity index is 429. The summed E-state index contributed by atoms with van der Waals surface area (Å²) in [7, 11) is 0. The number of nitriles is 1. The number of hydrogen-bond donors (Lipinski definition) is 1. The molecule has 3 aliphatic rings. The Morgan fingerprint density at radius 2 is 2.47 bits per heavy atom. The summed E-state index contributed by atoms with van der Waals surface area (Å²) in [5, 5.41) is 19.1. The van der Waals surface area contributed by atoms with Crippen LogP contribution in [0.1, 0.15) is 12.8 Å². The van der Waals surface area contributed by atoms with Crippen LogP contribution in [0.5, 0.6) is 0 Å². The number of hydrogen-bond acceptors (Lipinski definition) is 5. The van der Waals surface area contributed by atoms with Crippen molar-refractivity contribution >= 4 is 5.97 Å².